The standard InChI is InChI=1S/C21H23N3O5S2/c1-13-8-10-24(11-9-13)31(27,28)16-6-4-15(5-7-16)19(25)23-20-17(12-22)14(2)18(30-20)21(26)29-3/h4-7,13H,8-11H2,1-3H3,(H,23,25). The molecule has 1 amide bonds. The van der Waals surface area contributed by atoms with Gasteiger partial charge in [0.2, 0.25) is 10.0 Å². The predicted molar refractivity (Wildman–Crippen MR) is 117 cm³/mol. The molecule has 3 rings (SSSR count). The molecule has 0 bridgehead atoms. The van der Waals surface area contributed by atoms with Crippen LogP contribution in [0.1, 0.15) is 50.9 Å². The highest BCUT2D eigenvalue weighted by molar-refractivity contribution is 7.89. The number of nitrogens with zero attached hydrogens (tertiary/aromatic N) is 2. The van der Waals surface area contributed by atoms with Crippen molar-refractivity contribution >= 4 is 38.2 Å². The monoisotopic (exact) mass is 461 g/mol. The number of esters is 1. The fourth-order valence-corrected chi connectivity index (χ4v) is 5.89. The number of thiophene rings is 1. The van der Waals surface area contributed by atoms with E-state index in [4.69, 9.17) is 4.74 Å². The Kier molecular flexibility index (Phi) is 6.79. The van der Waals surface area contributed by atoms with E-state index in [1.54, 1.807) is 6.92 Å². The van der Waals surface area contributed by atoms with Gasteiger partial charge in [0, 0.05) is 18.7 Å². The number of methoxy groups -OCH3 is 1. The maximum atomic E-state index is 12.8. The number of nitrogens with one attached hydrogen (secondary N) is 1. The van der Waals surface area contributed by atoms with Crippen molar-refractivity contribution in [3.63, 3.8) is 0 Å². The van der Waals surface area contributed by atoms with Gasteiger partial charge in [0.1, 0.15) is 15.9 Å². The zero-order chi connectivity index (χ0) is 22.8. The van der Waals surface area contributed by atoms with E-state index in [1.165, 1.54) is 35.7 Å². The van der Waals surface area contributed by atoms with Crippen LogP contribution in [0.3, 0.4) is 0 Å². The Hall–Kier alpha value is -2.74. The summed E-state index contributed by atoms with van der Waals surface area (Å²) in [4.78, 5) is 24.9. The molecule has 0 unspecified atom stereocenters. The molecule has 1 N–H and O–H groups in total. The molecule has 0 radical (unpaired) electrons. The number of nitriles is 1. The Balaban J connectivity index is 1.79. The van der Waals surface area contributed by atoms with Gasteiger partial charge in [-0.25, -0.2) is 13.2 Å². The van der Waals surface area contributed by atoms with E-state index in [-0.39, 0.29) is 25.9 Å². The molecule has 2 aromatic rings. The summed E-state index contributed by atoms with van der Waals surface area (Å²) >= 11 is 0.961. The minimum Gasteiger partial charge on any atom is -0.465 e. The molecule has 2 heterocycles. The van der Waals surface area contributed by atoms with Crippen LogP contribution in [0.25, 0.3) is 0 Å². The number of rotatable bonds is 5. The molecular weight excluding hydrogens is 438 g/mol. The van der Waals surface area contributed by atoms with Gasteiger partial charge in [0.15, 0.2) is 0 Å². The number of sulfonamides is 1. The van der Waals surface area contributed by atoms with E-state index >= 15 is 0 Å². The zero-order valence-corrected chi connectivity index (χ0v) is 19.1. The quantitative estimate of drug-likeness (QED) is 0.682. The number of ether oxygens (including phenoxy) is 1. The van der Waals surface area contributed by atoms with Gasteiger partial charge in [-0.3, -0.25) is 4.79 Å². The molecule has 1 saturated heterocycles. The van der Waals surface area contributed by atoms with Crippen LogP contribution in [0.2, 0.25) is 0 Å². The highest BCUT2D eigenvalue weighted by atomic mass is 32.2. The van der Waals surface area contributed by atoms with Crippen molar-refractivity contribution in [1.29, 1.82) is 5.26 Å². The van der Waals surface area contributed by atoms with Crippen molar-refractivity contribution in [2.24, 2.45) is 5.92 Å². The minimum atomic E-state index is -3.60. The van der Waals surface area contributed by atoms with Crippen LogP contribution in [-0.4, -0.2) is 44.8 Å². The fraction of sp³-hybridized carbons (Fsp3) is 0.381. The van der Waals surface area contributed by atoms with Crippen molar-refractivity contribution in [3.05, 3.63) is 45.8 Å². The number of piperidine rings is 1. The normalized spacial score (nSPS) is 15.3. The first-order valence-electron chi connectivity index (χ1n) is 9.72. The summed E-state index contributed by atoms with van der Waals surface area (Å²) < 4.78 is 31.8. The Morgan fingerprint density at radius 2 is 1.84 bits per heavy atom. The Morgan fingerprint density at radius 3 is 2.39 bits per heavy atom. The van der Waals surface area contributed by atoms with E-state index in [1.807, 2.05) is 6.07 Å². The first kappa shape index (κ1) is 22.9. The molecule has 0 aliphatic carbocycles. The van der Waals surface area contributed by atoms with Gasteiger partial charge in [0.05, 0.1) is 17.6 Å². The number of carbonyl (C=O) groups excluding carboxylic acids is 2. The number of carbonyl (C=O) groups is 2. The van der Waals surface area contributed by atoms with Crippen LogP contribution < -0.4 is 5.32 Å². The summed E-state index contributed by atoms with van der Waals surface area (Å²) in [5.74, 6) is -0.581. The van der Waals surface area contributed by atoms with Gasteiger partial charge in [-0.15, -0.1) is 11.3 Å². The molecule has 1 aliphatic heterocycles. The first-order chi connectivity index (χ1) is 14.7. The van der Waals surface area contributed by atoms with Crippen LogP contribution in [0.15, 0.2) is 29.2 Å². The molecule has 164 valence electrons. The first-order valence-corrected chi connectivity index (χ1v) is 12.0. The van der Waals surface area contributed by atoms with Crippen molar-refractivity contribution in [2.75, 3.05) is 25.5 Å². The molecule has 1 aromatic carbocycles. The molecular formula is C21H23N3O5S2. The summed E-state index contributed by atoms with van der Waals surface area (Å²) in [5, 5.41) is 12.3. The lowest BCUT2D eigenvalue weighted by Gasteiger charge is -2.29. The third-order valence-electron chi connectivity index (χ3n) is 5.35. The SMILES string of the molecule is COC(=O)c1sc(NC(=O)c2ccc(S(=O)(=O)N3CCC(C)CC3)cc2)c(C#N)c1C. The molecule has 0 saturated carbocycles. The van der Waals surface area contributed by atoms with Gasteiger partial charge < -0.3 is 10.1 Å². The second-order valence-corrected chi connectivity index (χ2v) is 10.4. The van der Waals surface area contributed by atoms with Crippen molar-refractivity contribution in [1.82, 2.24) is 4.31 Å². The minimum absolute atomic E-state index is 0.135. The lowest BCUT2D eigenvalue weighted by Crippen LogP contribution is -2.37. The van der Waals surface area contributed by atoms with Crippen molar-refractivity contribution < 1.29 is 22.7 Å². The lowest BCUT2D eigenvalue weighted by molar-refractivity contribution is 0.0605. The molecule has 10 heteroatoms. The predicted octanol–water partition coefficient (Wildman–Crippen LogP) is 3.39. The number of anilines is 1. The van der Waals surface area contributed by atoms with Gasteiger partial charge in [-0.05, 0) is 55.5 Å². The Morgan fingerprint density at radius 1 is 1.23 bits per heavy atom. The number of amides is 1. The van der Waals surface area contributed by atoms with E-state index in [2.05, 4.69) is 12.2 Å². The Labute approximate surface area is 185 Å². The molecule has 0 atom stereocenters. The third kappa shape index (κ3) is 4.63. The second kappa shape index (κ2) is 9.18. The topological polar surface area (TPSA) is 117 Å². The van der Waals surface area contributed by atoms with Gasteiger partial charge >= 0.3 is 5.97 Å². The van der Waals surface area contributed by atoms with Gasteiger partial charge in [0.25, 0.3) is 5.91 Å². The maximum Gasteiger partial charge on any atom is 0.348 e. The molecule has 8 nitrogen and oxygen atoms in total. The van der Waals surface area contributed by atoms with E-state index in [0.29, 0.717) is 24.6 Å². The molecule has 1 aromatic heterocycles. The largest absolute Gasteiger partial charge is 0.465 e. The van der Waals surface area contributed by atoms with Crippen molar-refractivity contribution in [3.8, 4) is 6.07 Å². The highest BCUT2D eigenvalue weighted by Crippen LogP contribution is 2.33. The fourth-order valence-electron chi connectivity index (χ4n) is 3.35. The number of hydrogen-bond acceptors (Lipinski definition) is 7. The molecule has 1 fully saturated rings. The van der Waals surface area contributed by atoms with Crippen LogP contribution >= 0.6 is 11.3 Å². The third-order valence-corrected chi connectivity index (χ3v) is 8.45. The van der Waals surface area contributed by atoms with Crippen LogP contribution in [-0.2, 0) is 14.8 Å². The average molecular weight is 462 g/mol. The summed E-state index contributed by atoms with van der Waals surface area (Å²) in [6.45, 7) is 4.70. The van der Waals surface area contributed by atoms with Crippen LogP contribution in [0.5, 0.6) is 0 Å². The Bertz CT molecular complexity index is 1140. The smallest absolute Gasteiger partial charge is 0.348 e. The van der Waals surface area contributed by atoms with Gasteiger partial charge in [-0.1, -0.05) is 6.92 Å². The zero-order valence-electron chi connectivity index (χ0n) is 17.5. The number of benzene rings is 1. The summed E-state index contributed by atoms with van der Waals surface area (Å²) in [6, 6.07) is 7.68. The highest BCUT2D eigenvalue weighted by Gasteiger charge is 2.28. The molecule has 31 heavy (non-hydrogen) atoms. The lowest BCUT2D eigenvalue weighted by atomic mass is 10.0. The van der Waals surface area contributed by atoms with E-state index in [0.717, 1.165) is 24.2 Å². The second-order valence-electron chi connectivity index (χ2n) is 7.43. The summed E-state index contributed by atoms with van der Waals surface area (Å²) in [7, 11) is -2.36. The summed E-state index contributed by atoms with van der Waals surface area (Å²) in [6.07, 6.45) is 1.66. The van der Waals surface area contributed by atoms with Crippen LogP contribution in [0.4, 0.5) is 5.00 Å². The van der Waals surface area contributed by atoms with Gasteiger partial charge in [-0.2, -0.15) is 9.57 Å². The average Bonchev–Trinajstić information content (AvgIpc) is 3.08. The van der Waals surface area contributed by atoms with Crippen molar-refractivity contribution in [2.45, 2.75) is 31.6 Å². The molecule has 0 spiro atoms. The maximum absolute atomic E-state index is 12.8. The van der Waals surface area contributed by atoms with Crippen LogP contribution in [0, 0.1) is 24.2 Å². The summed E-state index contributed by atoms with van der Waals surface area (Å²) in [5.41, 5.74) is 0.866. The molecule has 1 aliphatic rings. The van der Waals surface area contributed by atoms with E-state index < -0.39 is 21.9 Å². The number of hydrogen-bond donors (Lipinski definition) is 1. The van der Waals surface area contributed by atoms with E-state index in [9.17, 15) is 23.3 Å².